The van der Waals surface area contributed by atoms with Gasteiger partial charge in [-0.3, -0.25) is 4.98 Å². The second kappa shape index (κ2) is 11.6. The first-order valence-corrected chi connectivity index (χ1v) is 15.4. The Hall–Kier alpha value is -3.55. The summed E-state index contributed by atoms with van der Waals surface area (Å²) in [5.74, 6) is 2.12. The SMILES string of the molecule is COc1ccc(-n2c(C)cc([C@@H]3[C@H](c4ccccn4)NC(=S)N3c3ccc(N4C[C@H](C)C[C@@H](C)C4)c(Cl)c3)c2C)cc1. The fourth-order valence-electron chi connectivity index (χ4n) is 6.93. The summed E-state index contributed by atoms with van der Waals surface area (Å²) >= 11 is 13.1. The molecule has 0 saturated carbocycles. The maximum Gasteiger partial charge on any atom is 0.174 e. The summed E-state index contributed by atoms with van der Waals surface area (Å²) in [5, 5.41) is 5.01. The molecule has 2 saturated heterocycles. The number of benzene rings is 2. The predicted molar refractivity (Wildman–Crippen MR) is 176 cm³/mol. The lowest BCUT2D eigenvalue weighted by Crippen LogP contribution is -2.38. The minimum Gasteiger partial charge on any atom is -0.497 e. The molecule has 1 N–H and O–H groups in total. The third-order valence-corrected chi connectivity index (χ3v) is 9.25. The van der Waals surface area contributed by atoms with Gasteiger partial charge in [0.25, 0.3) is 0 Å². The van der Waals surface area contributed by atoms with Gasteiger partial charge in [0.1, 0.15) is 5.75 Å². The molecule has 4 heterocycles. The van der Waals surface area contributed by atoms with Crippen molar-refractivity contribution in [1.82, 2.24) is 14.9 Å². The van der Waals surface area contributed by atoms with Crippen molar-refractivity contribution in [1.29, 1.82) is 0 Å². The maximum atomic E-state index is 7.04. The lowest BCUT2D eigenvalue weighted by atomic mass is 9.91. The normalized spacial score (nSPS) is 22.4. The van der Waals surface area contributed by atoms with Gasteiger partial charge < -0.3 is 24.4 Å². The molecule has 0 aliphatic carbocycles. The van der Waals surface area contributed by atoms with Crippen LogP contribution in [0.3, 0.4) is 0 Å². The predicted octanol–water partition coefficient (Wildman–Crippen LogP) is 7.81. The third kappa shape index (κ3) is 5.25. The summed E-state index contributed by atoms with van der Waals surface area (Å²) in [6, 6.07) is 22.6. The third-order valence-electron chi connectivity index (χ3n) is 8.64. The molecule has 6 nitrogen and oxygen atoms in total. The Bertz CT molecular complexity index is 1580. The van der Waals surface area contributed by atoms with Crippen molar-refractivity contribution in [3.63, 3.8) is 0 Å². The molecule has 0 bridgehead atoms. The molecule has 2 fully saturated rings. The van der Waals surface area contributed by atoms with Gasteiger partial charge in [-0.15, -0.1) is 0 Å². The zero-order valence-corrected chi connectivity index (χ0v) is 26.4. The zero-order valence-electron chi connectivity index (χ0n) is 24.8. The highest BCUT2D eigenvalue weighted by molar-refractivity contribution is 7.80. The highest BCUT2D eigenvalue weighted by Crippen LogP contribution is 2.45. The van der Waals surface area contributed by atoms with Gasteiger partial charge in [-0.05, 0) is 111 Å². The quantitative estimate of drug-likeness (QED) is 0.228. The zero-order chi connectivity index (χ0) is 29.5. The number of pyridine rings is 1. The molecule has 4 aromatic rings. The molecule has 2 aliphatic heterocycles. The highest BCUT2D eigenvalue weighted by Gasteiger charge is 2.42. The first kappa shape index (κ1) is 28.6. The van der Waals surface area contributed by atoms with Crippen LogP contribution in [0.25, 0.3) is 5.69 Å². The number of nitrogens with one attached hydrogen (secondary N) is 1. The minimum atomic E-state index is -0.134. The van der Waals surface area contributed by atoms with Gasteiger partial charge in [0.2, 0.25) is 0 Å². The number of aryl methyl sites for hydroxylation is 1. The van der Waals surface area contributed by atoms with Crippen molar-refractivity contribution in [2.45, 2.75) is 46.2 Å². The van der Waals surface area contributed by atoms with E-state index in [1.807, 2.05) is 30.5 Å². The Labute approximate surface area is 259 Å². The molecule has 0 spiro atoms. The molecule has 0 unspecified atom stereocenters. The van der Waals surface area contributed by atoms with E-state index in [1.165, 1.54) is 12.0 Å². The van der Waals surface area contributed by atoms with Gasteiger partial charge in [-0.25, -0.2) is 0 Å². The van der Waals surface area contributed by atoms with E-state index in [4.69, 9.17) is 33.5 Å². The van der Waals surface area contributed by atoms with Crippen LogP contribution < -0.4 is 19.9 Å². The fourth-order valence-corrected chi connectivity index (χ4v) is 7.57. The van der Waals surface area contributed by atoms with Crippen LogP contribution in [0.1, 0.15) is 55.0 Å². The molecule has 8 heteroatoms. The average Bonchev–Trinajstić information content (AvgIpc) is 3.47. The minimum absolute atomic E-state index is 0.123. The fraction of sp³-hybridized carbons (Fsp3) is 0.353. The number of aromatic nitrogens is 2. The standard InChI is InChI=1S/C34H38ClN5OS/c1-21-16-22(2)20-38(19-21)31-14-11-26(18-29(31)35)40-33(32(37-34(40)42)30-8-6-7-15-36-30)28-17-23(3)39(24(28)4)25-9-12-27(41-5)13-10-25/h6-15,17-18,21-22,32-33H,16,19-20H2,1-5H3,(H,37,42)/t21-,22-,32+,33-/m1/s1. The largest absolute Gasteiger partial charge is 0.497 e. The molecule has 0 radical (unpaired) electrons. The molecule has 218 valence electrons. The van der Waals surface area contributed by atoms with Gasteiger partial charge in [0, 0.05) is 42.0 Å². The number of halogens is 1. The molecular weight excluding hydrogens is 562 g/mol. The first-order valence-electron chi connectivity index (χ1n) is 14.6. The number of anilines is 2. The number of hydrogen-bond donors (Lipinski definition) is 1. The van der Waals surface area contributed by atoms with Crippen molar-refractivity contribution in [3.8, 4) is 11.4 Å². The van der Waals surface area contributed by atoms with Crippen molar-refractivity contribution in [2.75, 3.05) is 30.0 Å². The number of thiocarbonyl (C=S) groups is 1. The summed E-state index contributed by atoms with van der Waals surface area (Å²) < 4.78 is 7.69. The Morgan fingerprint density at radius 3 is 2.31 bits per heavy atom. The smallest absolute Gasteiger partial charge is 0.174 e. The van der Waals surface area contributed by atoms with Crippen LogP contribution in [-0.4, -0.2) is 34.9 Å². The Morgan fingerprint density at radius 1 is 0.952 bits per heavy atom. The van der Waals surface area contributed by atoms with E-state index >= 15 is 0 Å². The molecule has 0 amide bonds. The Balaban J connectivity index is 1.43. The van der Waals surface area contributed by atoms with E-state index in [9.17, 15) is 0 Å². The highest BCUT2D eigenvalue weighted by atomic mass is 35.5. The second-order valence-corrected chi connectivity index (χ2v) is 12.6. The summed E-state index contributed by atoms with van der Waals surface area (Å²) in [6.07, 6.45) is 3.10. The Morgan fingerprint density at radius 2 is 1.67 bits per heavy atom. The Kier molecular flexibility index (Phi) is 7.90. The van der Waals surface area contributed by atoms with Gasteiger partial charge in [-0.1, -0.05) is 31.5 Å². The van der Waals surface area contributed by atoms with E-state index < -0.39 is 0 Å². The molecule has 42 heavy (non-hydrogen) atoms. The molecule has 6 rings (SSSR count). The molecule has 2 aromatic carbocycles. The van der Waals surface area contributed by atoms with E-state index in [-0.39, 0.29) is 12.1 Å². The lowest BCUT2D eigenvalue weighted by Gasteiger charge is -2.37. The molecule has 4 atom stereocenters. The summed E-state index contributed by atoms with van der Waals surface area (Å²) in [7, 11) is 1.69. The van der Waals surface area contributed by atoms with Gasteiger partial charge >= 0.3 is 0 Å². The van der Waals surface area contributed by atoms with Crippen LogP contribution in [0.5, 0.6) is 5.75 Å². The topological polar surface area (TPSA) is 45.6 Å². The summed E-state index contributed by atoms with van der Waals surface area (Å²) in [4.78, 5) is 9.39. The van der Waals surface area contributed by atoms with Crippen LogP contribution in [0.15, 0.2) is 72.9 Å². The van der Waals surface area contributed by atoms with E-state index in [2.05, 4.69) is 89.8 Å². The van der Waals surface area contributed by atoms with Crippen molar-refractivity contribution in [3.05, 3.63) is 101 Å². The van der Waals surface area contributed by atoms with Gasteiger partial charge in [0.15, 0.2) is 5.11 Å². The molecule has 2 aliphatic rings. The maximum absolute atomic E-state index is 7.04. The average molecular weight is 600 g/mol. The summed E-state index contributed by atoms with van der Waals surface area (Å²) in [5.41, 5.74) is 7.57. The number of rotatable bonds is 6. The van der Waals surface area contributed by atoms with Crippen LogP contribution >= 0.6 is 23.8 Å². The van der Waals surface area contributed by atoms with Crippen molar-refractivity contribution < 1.29 is 4.74 Å². The van der Waals surface area contributed by atoms with Gasteiger partial charge in [0.05, 0.1) is 35.6 Å². The summed E-state index contributed by atoms with van der Waals surface area (Å²) in [6.45, 7) is 11.0. The van der Waals surface area contributed by atoms with Gasteiger partial charge in [-0.2, -0.15) is 0 Å². The number of piperidine rings is 1. The lowest BCUT2D eigenvalue weighted by molar-refractivity contribution is 0.357. The van der Waals surface area contributed by atoms with E-state index in [0.717, 1.165) is 58.0 Å². The molecule has 2 aromatic heterocycles. The van der Waals surface area contributed by atoms with Crippen molar-refractivity contribution >= 4 is 40.3 Å². The van der Waals surface area contributed by atoms with Crippen molar-refractivity contribution in [2.24, 2.45) is 11.8 Å². The number of ether oxygens (including phenoxy) is 1. The van der Waals surface area contributed by atoms with Crippen LogP contribution in [0.4, 0.5) is 11.4 Å². The van der Waals surface area contributed by atoms with Crippen LogP contribution in [0.2, 0.25) is 5.02 Å². The number of hydrogen-bond acceptors (Lipinski definition) is 4. The van der Waals surface area contributed by atoms with E-state index in [1.54, 1.807) is 7.11 Å². The number of nitrogens with zero attached hydrogens (tertiary/aromatic N) is 4. The van der Waals surface area contributed by atoms with Crippen LogP contribution in [-0.2, 0) is 0 Å². The monoisotopic (exact) mass is 599 g/mol. The number of methoxy groups -OCH3 is 1. The first-order chi connectivity index (χ1) is 20.2. The second-order valence-electron chi connectivity index (χ2n) is 11.8. The molecular formula is C34H38ClN5OS. The van der Waals surface area contributed by atoms with Crippen LogP contribution in [0, 0.1) is 25.7 Å². The van der Waals surface area contributed by atoms with E-state index in [0.29, 0.717) is 16.9 Å².